The van der Waals surface area contributed by atoms with Gasteiger partial charge in [-0.1, -0.05) is 20.8 Å². The molecule has 1 aromatic carbocycles. The Morgan fingerprint density at radius 1 is 0.971 bits per heavy atom. The average Bonchev–Trinajstić information content (AvgIpc) is 3.30. The van der Waals surface area contributed by atoms with Gasteiger partial charge in [0.1, 0.15) is 4.90 Å². The predicted molar refractivity (Wildman–Crippen MR) is 137 cm³/mol. The number of carbonyl (C=O) groups is 1. The molecule has 4 rings (SSSR count). The highest BCUT2D eigenvalue weighted by molar-refractivity contribution is 7.89. The lowest BCUT2D eigenvalue weighted by atomic mass is 9.98. The summed E-state index contributed by atoms with van der Waals surface area (Å²) in [7, 11) is -3.67. The quantitative estimate of drug-likeness (QED) is 0.633. The lowest BCUT2D eigenvalue weighted by Gasteiger charge is -2.35. The van der Waals surface area contributed by atoms with Crippen molar-refractivity contribution in [2.24, 2.45) is 11.8 Å². The number of likely N-dealkylation sites (tertiary alicyclic amines) is 1. The first-order valence-electron chi connectivity index (χ1n) is 13.2. The molecule has 0 saturated carbocycles. The van der Waals surface area contributed by atoms with Gasteiger partial charge in [0.25, 0.3) is 5.91 Å². The van der Waals surface area contributed by atoms with Crippen LogP contribution in [0.25, 0.3) is 0 Å². The van der Waals surface area contributed by atoms with Gasteiger partial charge >= 0.3 is 0 Å². The van der Waals surface area contributed by atoms with E-state index in [1.54, 1.807) is 16.4 Å². The van der Waals surface area contributed by atoms with Crippen molar-refractivity contribution in [3.05, 3.63) is 23.8 Å². The highest BCUT2D eigenvalue weighted by Crippen LogP contribution is 2.33. The van der Waals surface area contributed by atoms with Gasteiger partial charge in [0.15, 0.2) is 0 Å². The van der Waals surface area contributed by atoms with Crippen LogP contribution in [0.5, 0.6) is 0 Å². The summed E-state index contributed by atoms with van der Waals surface area (Å²) in [6, 6.07) is 5.65. The Kier molecular flexibility index (Phi) is 8.20. The Morgan fingerprint density at radius 2 is 1.62 bits per heavy atom. The summed E-state index contributed by atoms with van der Waals surface area (Å²) in [6.07, 6.45) is 6.12. The molecule has 34 heavy (non-hydrogen) atoms. The number of sulfonamides is 1. The fourth-order valence-electron chi connectivity index (χ4n) is 5.59. The van der Waals surface area contributed by atoms with Crippen LogP contribution in [-0.2, 0) is 10.0 Å². The molecule has 8 heteroatoms. The van der Waals surface area contributed by atoms with Crippen molar-refractivity contribution in [1.82, 2.24) is 14.5 Å². The summed E-state index contributed by atoms with van der Waals surface area (Å²) in [5, 5.41) is 3.07. The van der Waals surface area contributed by atoms with E-state index in [0.29, 0.717) is 48.0 Å². The summed E-state index contributed by atoms with van der Waals surface area (Å²) in [5.41, 5.74) is 1.18. The molecule has 1 unspecified atom stereocenters. The zero-order chi connectivity index (χ0) is 24.3. The molecule has 1 aromatic rings. The summed E-state index contributed by atoms with van der Waals surface area (Å²) >= 11 is 0. The van der Waals surface area contributed by atoms with Crippen LogP contribution in [0.1, 0.15) is 69.7 Å². The number of anilines is 1. The number of piperidine rings is 2. The molecule has 3 aliphatic rings. The van der Waals surface area contributed by atoms with Crippen molar-refractivity contribution < 1.29 is 13.2 Å². The minimum absolute atomic E-state index is 0.189. The molecule has 3 saturated heterocycles. The minimum atomic E-state index is -3.67. The van der Waals surface area contributed by atoms with Crippen LogP contribution < -0.4 is 10.2 Å². The number of nitrogens with zero attached hydrogens (tertiary/aromatic N) is 3. The van der Waals surface area contributed by atoms with Crippen molar-refractivity contribution in [3.8, 4) is 0 Å². The molecule has 1 atom stereocenters. The van der Waals surface area contributed by atoms with E-state index >= 15 is 0 Å². The minimum Gasteiger partial charge on any atom is -0.370 e. The van der Waals surface area contributed by atoms with Crippen molar-refractivity contribution in [2.75, 3.05) is 50.7 Å². The van der Waals surface area contributed by atoms with Gasteiger partial charge in [-0.15, -0.1) is 0 Å². The third-order valence-corrected chi connectivity index (χ3v) is 10.0. The van der Waals surface area contributed by atoms with Crippen LogP contribution in [0.4, 0.5) is 5.69 Å². The first kappa shape index (κ1) is 25.5. The number of nitrogens with one attached hydrogen (secondary N) is 1. The number of hydrogen-bond donors (Lipinski definition) is 1. The van der Waals surface area contributed by atoms with Crippen LogP contribution >= 0.6 is 0 Å². The number of likely N-dealkylation sites (N-methyl/N-ethyl adjacent to an activating group) is 1. The van der Waals surface area contributed by atoms with E-state index in [0.717, 1.165) is 70.4 Å². The van der Waals surface area contributed by atoms with Crippen molar-refractivity contribution in [1.29, 1.82) is 0 Å². The second-order valence-electron chi connectivity index (χ2n) is 10.6. The number of carbonyl (C=O) groups excluding carboxylic acids is 1. The van der Waals surface area contributed by atoms with E-state index < -0.39 is 10.0 Å². The van der Waals surface area contributed by atoms with E-state index in [-0.39, 0.29) is 5.91 Å². The number of amides is 1. The van der Waals surface area contributed by atoms with Gasteiger partial charge in [-0.2, -0.15) is 4.31 Å². The Labute approximate surface area is 205 Å². The molecule has 190 valence electrons. The molecule has 0 radical (unpaired) electrons. The molecule has 0 bridgehead atoms. The monoisotopic (exact) mass is 490 g/mol. The smallest absolute Gasteiger partial charge is 0.251 e. The predicted octanol–water partition coefficient (Wildman–Crippen LogP) is 3.56. The van der Waals surface area contributed by atoms with E-state index in [1.165, 1.54) is 0 Å². The Bertz CT molecular complexity index is 951. The molecule has 7 nitrogen and oxygen atoms in total. The molecule has 3 aliphatic heterocycles. The molecule has 1 N–H and O–H groups in total. The topological polar surface area (TPSA) is 73.0 Å². The van der Waals surface area contributed by atoms with Gasteiger partial charge in [-0.25, -0.2) is 8.42 Å². The Morgan fingerprint density at radius 3 is 2.26 bits per heavy atom. The van der Waals surface area contributed by atoms with E-state index in [4.69, 9.17) is 0 Å². The molecular weight excluding hydrogens is 448 g/mol. The second-order valence-corrected chi connectivity index (χ2v) is 12.5. The van der Waals surface area contributed by atoms with Gasteiger partial charge in [0, 0.05) is 44.3 Å². The summed E-state index contributed by atoms with van der Waals surface area (Å²) in [5.74, 6) is 1.01. The molecule has 0 aromatic heterocycles. The average molecular weight is 491 g/mol. The molecule has 3 fully saturated rings. The molecular formula is C26H42N4O3S. The molecule has 1 amide bonds. The lowest BCUT2D eigenvalue weighted by molar-refractivity contribution is 0.0941. The summed E-state index contributed by atoms with van der Waals surface area (Å²) in [6.45, 7) is 12.0. The van der Waals surface area contributed by atoms with Crippen molar-refractivity contribution in [3.63, 3.8) is 0 Å². The van der Waals surface area contributed by atoms with Gasteiger partial charge in [0.05, 0.1) is 5.69 Å². The highest BCUT2D eigenvalue weighted by Gasteiger charge is 2.33. The van der Waals surface area contributed by atoms with Crippen LogP contribution in [0, 0.1) is 11.8 Å². The van der Waals surface area contributed by atoms with Gasteiger partial charge in [0.2, 0.25) is 10.0 Å². The highest BCUT2D eigenvalue weighted by atomic mass is 32.2. The number of hydrogen-bond acceptors (Lipinski definition) is 5. The van der Waals surface area contributed by atoms with E-state index in [2.05, 4.69) is 35.9 Å². The van der Waals surface area contributed by atoms with Gasteiger partial charge in [-0.05, 0) is 81.6 Å². The fourth-order valence-corrected chi connectivity index (χ4v) is 7.30. The van der Waals surface area contributed by atoms with Gasteiger partial charge in [-0.3, -0.25) is 9.69 Å². The second kappa shape index (κ2) is 11.0. The maximum Gasteiger partial charge on any atom is 0.251 e. The fraction of sp³-hybridized carbons (Fsp3) is 0.731. The molecule has 0 spiro atoms. The maximum atomic E-state index is 13.8. The Balaban J connectivity index is 1.58. The standard InChI is InChI=1S/C26H42N4O3S/c1-4-28-13-5-6-23(28)19-27-26(31)22-7-8-24(29-14-9-20(2)10-15-29)25(18-22)34(32,33)30-16-11-21(3)12-17-30/h7-8,18,20-21,23H,4-6,9-17,19H2,1-3H3,(H,27,31). The van der Waals surface area contributed by atoms with Crippen molar-refractivity contribution >= 4 is 21.6 Å². The van der Waals surface area contributed by atoms with E-state index in [1.807, 2.05) is 6.07 Å². The van der Waals surface area contributed by atoms with Crippen molar-refractivity contribution in [2.45, 2.75) is 70.2 Å². The Hall–Kier alpha value is -1.64. The first-order valence-corrected chi connectivity index (χ1v) is 14.6. The summed E-state index contributed by atoms with van der Waals surface area (Å²) in [4.78, 5) is 18.0. The van der Waals surface area contributed by atoms with Crippen LogP contribution in [0.3, 0.4) is 0 Å². The number of benzene rings is 1. The van der Waals surface area contributed by atoms with Crippen LogP contribution in [0.15, 0.2) is 23.1 Å². The number of rotatable bonds is 7. The third kappa shape index (κ3) is 5.60. The lowest BCUT2D eigenvalue weighted by Crippen LogP contribution is -2.41. The normalized spacial score (nSPS) is 24.0. The molecule has 3 heterocycles. The van der Waals surface area contributed by atoms with Gasteiger partial charge < -0.3 is 10.2 Å². The SMILES string of the molecule is CCN1CCCC1CNC(=O)c1ccc(N2CCC(C)CC2)c(S(=O)(=O)N2CCC(C)CC2)c1. The molecule has 0 aliphatic carbocycles. The zero-order valence-electron chi connectivity index (χ0n) is 21.1. The third-order valence-electron chi connectivity index (χ3n) is 8.11. The van der Waals surface area contributed by atoms with E-state index in [9.17, 15) is 13.2 Å². The first-order chi connectivity index (χ1) is 16.3. The maximum absolute atomic E-state index is 13.8. The van der Waals surface area contributed by atoms with Crippen LogP contribution in [-0.4, -0.2) is 75.4 Å². The summed E-state index contributed by atoms with van der Waals surface area (Å²) < 4.78 is 29.2. The largest absolute Gasteiger partial charge is 0.370 e. The van der Waals surface area contributed by atoms with Crippen LogP contribution in [0.2, 0.25) is 0 Å². The zero-order valence-corrected chi connectivity index (χ0v) is 21.9.